The summed E-state index contributed by atoms with van der Waals surface area (Å²) in [5.74, 6) is -0.823. The van der Waals surface area contributed by atoms with Crippen LogP contribution in [0, 0.1) is 6.92 Å². The molecule has 2 aromatic carbocycles. The van der Waals surface area contributed by atoms with Crippen molar-refractivity contribution in [1.29, 1.82) is 0 Å². The number of para-hydroxylation sites is 1. The lowest BCUT2D eigenvalue weighted by Gasteiger charge is -2.26. The zero-order valence-corrected chi connectivity index (χ0v) is 14.9. The molecule has 0 aromatic heterocycles. The Kier molecular flexibility index (Phi) is 6.17. The number of nitrogens with zero attached hydrogens (tertiary/aromatic N) is 1. The van der Waals surface area contributed by atoms with Crippen molar-refractivity contribution in [3.05, 3.63) is 65.2 Å². The van der Waals surface area contributed by atoms with Gasteiger partial charge in [0.1, 0.15) is 0 Å². The Labute approximate surface area is 148 Å². The number of aryl methyl sites for hydroxylation is 1. The third kappa shape index (κ3) is 4.83. The Morgan fingerprint density at radius 3 is 2.40 bits per heavy atom. The van der Waals surface area contributed by atoms with Crippen LogP contribution in [0.1, 0.15) is 35.3 Å². The fourth-order valence-electron chi connectivity index (χ4n) is 2.49. The third-order valence-corrected chi connectivity index (χ3v) is 4.01. The van der Waals surface area contributed by atoms with E-state index in [2.05, 4.69) is 0 Å². The molecule has 1 amide bonds. The standard InChI is InChI=1S/C20H24N2O3/c1-14(2)22(12-16-9-5-4-6-10-16)18(23)13-25-20(24)17-11-7-8-15(3)19(17)21/h4-11,14H,12-13,21H2,1-3H3. The Morgan fingerprint density at radius 1 is 1.08 bits per heavy atom. The minimum absolute atomic E-state index is 0.00422. The van der Waals surface area contributed by atoms with Gasteiger partial charge in [0, 0.05) is 18.3 Å². The summed E-state index contributed by atoms with van der Waals surface area (Å²) in [7, 11) is 0. The van der Waals surface area contributed by atoms with Crippen LogP contribution >= 0.6 is 0 Å². The van der Waals surface area contributed by atoms with E-state index in [1.807, 2.05) is 57.2 Å². The molecule has 5 heteroatoms. The SMILES string of the molecule is Cc1cccc(C(=O)OCC(=O)N(Cc2ccccc2)C(C)C)c1N. The minimum Gasteiger partial charge on any atom is -0.452 e. The lowest BCUT2D eigenvalue weighted by molar-refractivity contribution is -0.136. The predicted octanol–water partition coefficient (Wildman–Crippen LogP) is 3.17. The second-order valence-electron chi connectivity index (χ2n) is 6.21. The Bertz CT molecular complexity index is 742. The lowest BCUT2D eigenvalue weighted by atomic mass is 10.1. The summed E-state index contributed by atoms with van der Waals surface area (Å²) in [4.78, 5) is 26.4. The van der Waals surface area contributed by atoms with E-state index in [1.165, 1.54) is 0 Å². The largest absolute Gasteiger partial charge is 0.452 e. The molecule has 2 N–H and O–H groups in total. The molecule has 0 saturated heterocycles. The summed E-state index contributed by atoms with van der Waals surface area (Å²) in [5, 5.41) is 0. The van der Waals surface area contributed by atoms with Crippen molar-refractivity contribution >= 4 is 17.6 Å². The Morgan fingerprint density at radius 2 is 1.76 bits per heavy atom. The van der Waals surface area contributed by atoms with Gasteiger partial charge in [-0.15, -0.1) is 0 Å². The maximum absolute atomic E-state index is 12.5. The molecule has 0 bridgehead atoms. The van der Waals surface area contributed by atoms with Crippen molar-refractivity contribution in [1.82, 2.24) is 4.90 Å². The molecule has 0 aliphatic carbocycles. The minimum atomic E-state index is -0.585. The fourth-order valence-corrected chi connectivity index (χ4v) is 2.49. The average Bonchev–Trinajstić information content (AvgIpc) is 2.60. The van der Waals surface area contributed by atoms with E-state index >= 15 is 0 Å². The molecule has 5 nitrogen and oxygen atoms in total. The first-order valence-electron chi connectivity index (χ1n) is 8.25. The number of hydrogen-bond donors (Lipinski definition) is 1. The van der Waals surface area contributed by atoms with Crippen molar-refractivity contribution in [3.8, 4) is 0 Å². The van der Waals surface area contributed by atoms with Crippen molar-refractivity contribution < 1.29 is 14.3 Å². The number of carbonyl (C=O) groups excluding carboxylic acids is 2. The summed E-state index contributed by atoms with van der Waals surface area (Å²) in [5.41, 5.74) is 8.39. The quantitative estimate of drug-likeness (QED) is 0.647. The summed E-state index contributed by atoms with van der Waals surface area (Å²) >= 11 is 0. The zero-order valence-electron chi connectivity index (χ0n) is 14.9. The number of carbonyl (C=O) groups is 2. The van der Waals surface area contributed by atoms with Crippen LogP contribution in [0.15, 0.2) is 48.5 Å². The Hall–Kier alpha value is -2.82. The van der Waals surface area contributed by atoms with Crippen LogP contribution in [0.3, 0.4) is 0 Å². The van der Waals surface area contributed by atoms with Gasteiger partial charge in [-0.2, -0.15) is 0 Å². The predicted molar refractivity (Wildman–Crippen MR) is 98.0 cm³/mol. The molecule has 0 spiro atoms. The van der Waals surface area contributed by atoms with Crippen LogP contribution < -0.4 is 5.73 Å². The van der Waals surface area contributed by atoms with Gasteiger partial charge < -0.3 is 15.4 Å². The van der Waals surface area contributed by atoms with Gasteiger partial charge in [0.05, 0.1) is 5.56 Å². The number of amides is 1. The van der Waals surface area contributed by atoms with E-state index in [4.69, 9.17) is 10.5 Å². The highest BCUT2D eigenvalue weighted by molar-refractivity contribution is 5.96. The number of benzene rings is 2. The molecule has 2 rings (SSSR count). The molecule has 0 aliphatic rings. The highest BCUT2D eigenvalue weighted by atomic mass is 16.5. The molecular formula is C20H24N2O3. The fraction of sp³-hybridized carbons (Fsp3) is 0.300. The highest BCUT2D eigenvalue weighted by Gasteiger charge is 2.20. The van der Waals surface area contributed by atoms with E-state index in [1.54, 1.807) is 17.0 Å². The maximum Gasteiger partial charge on any atom is 0.340 e. The van der Waals surface area contributed by atoms with E-state index in [-0.39, 0.29) is 24.1 Å². The third-order valence-electron chi connectivity index (χ3n) is 4.01. The highest BCUT2D eigenvalue weighted by Crippen LogP contribution is 2.17. The first kappa shape index (κ1) is 18.5. The van der Waals surface area contributed by atoms with Gasteiger partial charge in [-0.05, 0) is 38.0 Å². The molecule has 25 heavy (non-hydrogen) atoms. The van der Waals surface area contributed by atoms with E-state index in [0.717, 1.165) is 11.1 Å². The van der Waals surface area contributed by atoms with Gasteiger partial charge in [-0.1, -0.05) is 42.5 Å². The average molecular weight is 340 g/mol. The normalized spacial score (nSPS) is 10.6. The smallest absolute Gasteiger partial charge is 0.340 e. The zero-order chi connectivity index (χ0) is 18.4. The van der Waals surface area contributed by atoms with Crippen molar-refractivity contribution in [2.24, 2.45) is 0 Å². The molecular weight excluding hydrogens is 316 g/mol. The van der Waals surface area contributed by atoms with Crippen molar-refractivity contribution in [2.75, 3.05) is 12.3 Å². The molecule has 0 aliphatic heterocycles. The van der Waals surface area contributed by atoms with Gasteiger partial charge in [-0.3, -0.25) is 4.79 Å². The van der Waals surface area contributed by atoms with Gasteiger partial charge in [-0.25, -0.2) is 4.79 Å². The lowest BCUT2D eigenvalue weighted by Crippen LogP contribution is -2.39. The number of anilines is 1. The van der Waals surface area contributed by atoms with Gasteiger partial charge in [0.25, 0.3) is 5.91 Å². The number of rotatable bonds is 6. The first-order chi connectivity index (χ1) is 11.9. The van der Waals surface area contributed by atoms with E-state index < -0.39 is 5.97 Å². The van der Waals surface area contributed by atoms with Crippen LogP contribution in [-0.4, -0.2) is 29.4 Å². The van der Waals surface area contributed by atoms with Crippen LogP contribution in [0.5, 0.6) is 0 Å². The molecule has 0 heterocycles. The second kappa shape index (κ2) is 8.33. The van der Waals surface area contributed by atoms with Gasteiger partial charge >= 0.3 is 5.97 Å². The van der Waals surface area contributed by atoms with Crippen LogP contribution in [0.4, 0.5) is 5.69 Å². The van der Waals surface area contributed by atoms with Crippen LogP contribution in [-0.2, 0) is 16.1 Å². The molecule has 0 atom stereocenters. The monoisotopic (exact) mass is 340 g/mol. The topological polar surface area (TPSA) is 72.6 Å². The van der Waals surface area contributed by atoms with Gasteiger partial charge in [0.15, 0.2) is 6.61 Å². The van der Waals surface area contributed by atoms with Crippen LogP contribution in [0.25, 0.3) is 0 Å². The number of hydrogen-bond acceptors (Lipinski definition) is 4. The number of esters is 1. The molecule has 132 valence electrons. The summed E-state index contributed by atoms with van der Waals surface area (Å²) < 4.78 is 5.18. The molecule has 0 radical (unpaired) electrons. The van der Waals surface area contributed by atoms with Gasteiger partial charge in [0.2, 0.25) is 0 Å². The molecule has 0 unspecified atom stereocenters. The van der Waals surface area contributed by atoms with E-state index in [0.29, 0.717) is 12.2 Å². The second-order valence-corrected chi connectivity index (χ2v) is 6.21. The number of ether oxygens (including phenoxy) is 1. The summed E-state index contributed by atoms with van der Waals surface area (Å²) in [6, 6.07) is 14.9. The van der Waals surface area contributed by atoms with Crippen molar-refractivity contribution in [2.45, 2.75) is 33.4 Å². The Balaban J connectivity index is 2.01. The van der Waals surface area contributed by atoms with Crippen LogP contribution in [0.2, 0.25) is 0 Å². The number of nitrogens with two attached hydrogens (primary N) is 1. The summed E-state index contributed by atoms with van der Waals surface area (Å²) in [6.07, 6.45) is 0. The first-order valence-corrected chi connectivity index (χ1v) is 8.25. The van der Waals surface area contributed by atoms with Crippen molar-refractivity contribution in [3.63, 3.8) is 0 Å². The molecule has 2 aromatic rings. The maximum atomic E-state index is 12.5. The molecule has 0 saturated carbocycles. The molecule has 0 fully saturated rings. The number of nitrogen functional groups attached to an aromatic ring is 1. The summed E-state index contributed by atoms with van der Waals surface area (Å²) in [6.45, 7) is 5.85. The van der Waals surface area contributed by atoms with E-state index in [9.17, 15) is 9.59 Å².